The highest BCUT2D eigenvalue weighted by Crippen LogP contribution is 2.15. The molecule has 0 aliphatic rings. The summed E-state index contributed by atoms with van der Waals surface area (Å²) in [4.78, 5) is 63.9. The summed E-state index contributed by atoms with van der Waals surface area (Å²) in [6, 6.07) is 5.14. The van der Waals surface area contributed by atoms with E-state index in [1.807, 2.05) is 13.8 Å². The van der Waals surface area contributed by atoms with Crippen molar-refractivity contribution in [2.24, 2.45) is 11.7 Å². The molecule has 236 valence electrons. The lowest BCUT2D eigenvalue weighted by Gasteiger charge is -2.26. The van der Waals surface area contributed by atoms with E-state index >= 15 is 0 Å². The normalized spacial score (nSPS) is 13.1. The molecule has 0 heterocycles. The summed E-state index contributed by atoms with van der Waals surface area (Å²) >= 11 is 0. The van der Waals surface area contributed by atoms with E-state index in [9.17, 15) is 24.0 Å². The molecule has 0 radical (unpaired) electrons. The summed E-state index contributed by atoms with van der Waals surface area (Å²) < 4.78 is 5.34. The van der Waals surface area contributed by atoms with Gasteiger partial charge in [0.15, 0.2) is 0 Å². The number of hydrogen-bond donors (Lipinski definition) is 4. The van der Waals surface area contributed by atoms with Crippen molar-refractivity contribution in [3.63, 3.8) is 0 Å². The van der Waals surface area contributed by atoms with Gasteiger partial charge in [0, 0.05) is 25.8 Å². The second-order valence-corrected chi connectivity index (χ2v) is 11.1. The van der Waals surface area contributed by atoms with Crippen LogP contribution >= 0.6 is 0 Å². The minimum Gasteiger partial charge on any atom is -0.426 e. The maximum Gasteiger partial charge on any atom is 0.325 e. The first kappa shape index (κ1) is 36.6. The molecule has 0 spiro atoms. The zero-order valence-corrected chi connectivity index (χ0v) is 26.0. The number of likely N-dealkylation sites (N-methyl/N-ethyl adjacent to an activating group) is 1. The number of nitrogens with one attached hydrogen (secondary N) is 3. The molecule has 0 aliphatic carbocycles. The number of benzene rings is 1. The van der Waals surface area contributed by atoms with Crippen molar-refractivity contribution in [1.82, 2.24) is 20.9 Å². The summed E-state index contributed by atoms with van der Waals surface area (Å²) in [5.41, 5.74) is 5.93. The average molecular weight is 590 g/mol. The smallest absolute Gasteiger partial charge is 0.325 e. The molecule has 0 aliphatic heterocycles. The molecule has 4 amide bonds. The number of nitrogens with two attached hydrogens (primary N) is 1. The third kappa shape index (κ3) is 15.5. The second kappa shape index (κ2) is 20.4. The largest absolute Gasteiger partial charge is 0.426 e. The number of hydrogen-bond acceptors (Lipinski definition) is 7. The van der Waals surface area contributed by atoms with E-state index in [4.69, 9.17) is 10.5 Å². The number of ether oxygens (including phenoxy) is 1. The van der Waals surface area contributed by atoms with E-state index in [1.165, 1.54) is 0 Å². The van der Waals surface area contributed by atoms with Gasteiger partial charge in [0.2, 0.25) is 23.6 Å². The first-order valence-electron chi connectivity index (χ1n) is 15.1. The molecule has 0 saturated carbocycles. The maximum atomic E-state index is 13.5. The molecule has 0 unspecified atom stereocenters. The maximum absolute atomic E-state index is 13.5. The fraction of sp³-hybridized carbons (Fsp3) is 0.645. The van der Waals surface area contributed by atoms with Crippen LogP contribution in [0, 0.1) is 5.92 Å². The van der Waals surface area contributed by atoms with E-state index in [-0.39, 0.29) is 42.6 Å². The predicted octanol–water partition coefficient (Wildman–Crippen LogP) is 2.45. The fourth-order valence-electron chi connectivity index (χ4n) is 4.24. The number of unbranched alkanes of at least 4 members (excludes halogenated alkanes) is 4. The highest BCUT2D eigenvalue weighted by atomic mass is 16.5. The minimum absolute atomic E-state index is 0.138. The van der Waals surface area contributed by atoms with E-state index < -0.39 is 18.0 Å². The molecule has 0 fully saturated rings. The Labute approximate surface area is 250 Å². The molecular formula is C31H51N5O6. The molecule has 5 N–H and O–H groups in total. The van der Waals surface area contributed by atoms with Gasteiger partial charge >= 0.3 is 5.97 Å². The van der Waals surface area contributed by atoms with Crippen LogP contribution in [0.4, 0.5) is 0 Å². The average Bonchev–Trinajstić information content (AvgIpc) is 2.93. The van der Waals surface area contributed by atoms with Crippen LogP contribution in [0.5, 0.6) is 5.75 Å². The van der Waals surface area contributed by atoms with Crippen LogP contribution < -0.4 is 26.4 Å². The Morgan fingerprint density at radius 1 is 0.881 bits per heavy atom. The van der Waals surface area contributed by atoms with Crippen LogP contribution in [-0.4, -0.2) is 73.8 Å². The van der Waals surface area contributed by atoms with Gasteiger partial charge in [0.05, 0.1) is 6.54 Å². The lowest BCUT2D eigenvalue weighted by Crippen LogP contribution is -2.56. The molecule has 0 bridgehead atoms. The van der Waals surface area contributed by atoms with Crippen molar-refractivity contribution in [1.29, 1.82) is 0 Å². The first-order valence-corrected chi connectivity index (χ1v) is 15.1. The van der Waals surface area contributed by atoms with Crippen LogP contribution in [0.2, 0.25) is 0 Å². The molecule has 11 heteroatoms. The Hall–Kier alpha value is -3.47. The van der Waals surface area contributed by atoms with Gasteiger partial charge in [-0.05, 0) is 57.0 Å². The quantitative estimate of drug-likeness (QED) is 0.0973. The summed E-state index contributed by atoms with van der Waals surface area (Å²) in [7, 11) is 3.55. The van der Waals surface area contributed by atoms with Gasteiger partial charge in [-0.3, -0.25) is 28.9 Å². The predicted molar refractivity (Wildman–Crippen MR) is 162 cm³/mol. The molecule has 1 aromatic carbocycles. The summed E-state index contributed by atoms with van der Waals surface area (Å²) in [5.74, 6) is -1.43. The van der Waals surface area contributed by atoms with Crippen molar-refractivity contribution in [2.45, 2.75) is 97.1 Å². The third-order valence-electron chi connectivity index (χ3n) is 6.89. The van der Waals surface area contributed by atoms with Gasteiger partial charge in [-0.15, -0.1) is 0 Å². The molecule has 1 aromatic rings. The van der Waals surface area contributed by atoms with Crippen LogP contribution in [-0.2, 0) is 30.4 Å². The molecule has 0 saturated heterocycles. The summed E-state index contributed by atoms with van der Waals surface area (Å²) in [6.07, 6.45) is 6.21. The number of esters is 1. The number of rotatable bonds is 21. The summed E-state index contributed by atoms with van der Waals surface area (Å²) in [5, 5.41) is 8.63. The van der Waals surface area contributed by atoms with Gasteiger partial charge in [-0.25, -0.2) is 0 Å². The molecule has 11 nitrogen and oxygen atoms in total. The zero-order chi connectivity index (χ0) is 31.5. The third-order valence-corrected chi connectivity index (χ3v) is 6.89. The van der Waals surface area contributed by atoms with Crippen LogP contribution in [0.3, 0.4) is 0 Å². The Kier molecular flexibility index (Phi) is 17.8. The Bertz CT molecular complexity index is 998. The van der Waals surface area contributed by atoms with Gasteiger partial charge in [-0.2, -0.15) is 0 Å². The van der Waals surface area contributed by atoms with Crippen molar-refractivity contribution < 1.29 is 28.7 Å². The SMILES string of the molecule is CCCCCC(=O)N[C@@H](Cc1ccc(OC(=O)CN(C)C)cc1)C(=O)N[C@H](C(=O)NCCCCCC(N)=O)[C@@H](C)CC. The van der Waals surface area contributed by atoms with Gasteiger partial charge in [-0.1, -0.05) is 58.6 Å². The van der Waals surface area contributed by atoms with Crippen LogP contribution in [0.1, 0.15) is 84.1 Å². The monoisotopic (exact) mass is 589 g/mol. The van der Waals surface area contributed by atoms with Crippen molar-refractivity contribution in [3.8, 4) is 5.75 Å². The summed E-state index contributed by atoms with van der Waals surface area (Å²) in [6.45, 7) is 6.46. The molecule has 0 aromatic heterocycles. The van der Waals surface area contributed by atoms with Crippen molar-refractivity contribution >= 4 is 29.6 Å². The molecular weight excluding hydrogens is 538 g/mol. The molecule has 1 rings (SSSR count). The standard InChI is InChI=1S/C31H51N5O6/c1-6-8-10-14-27(38)34-25(20-23-15-17-24(18-16-23)42-28(39)21-36(4)5)30(40)35-29(22(3)7-2)31(41)33-19-12-9-11-13-26(32)37/h15-18,22,25,29H,6-14,19-21H2,1-5H3,(H2,32,37)(H,33,41)(H,34,38)(H,35,40)/t22-,25-,29-/m0/s1. The van der Waals surface area contributed by atoms with Crippen molar-refractivity contribution in [2.75, 3.05) is 27.2 Å². The van der Waals surface area contributed by atoms with E-state index in [0.29, 0.717) is 44.4 Å². The van der Waals surface area contributed by atoms with E-state index in [1.54, 1.807) is 43.3 Å². The van der Waals surface area contributed by atoms with Gasteiger partial charge in [0.1, 0.15) is 17.8 Å². The minimum atomic E-state index is -0.894. The topological polar surface area (TPSA) is 160 Å². The Morgan fingerprint density at radius 3 is 2.14 bits per heavy atom. The molecule has 3 atom stereocenters. The highest BCUT2D eigenvalue weighted by Gasteiger charge is 2.30. The number of carbonyl (C=O) groups is 5. The molecule has 42 heavy (non-hydrogen) atoms. The highest BCUT2D eigenvalue weighted by molar-refractivity contribution is 5.92. The number of nitrogens with zero attached hydrogens (tertiary/aromatic N) is 1. The van der Waals surface area contributed by atoms with E-state index in [2.05, 4.69) is 22.9 Å². The number of amides is 4. The van der Waals surface area contributed by atoms with Crippen molar-refractivity contribution in [3.05, 3.63) is 29.8 Å². The first-order chi connectivity index (χ1) is 20.0. The number of carbonyl (C=O) groups excluding carboxylic acids is 5. The van der Waals surface area contributed by atoms with E-state index in [0.717, 1.165) is 31.2 Å². The van der Waals surface area contributed by atoms with Crippen LogP contribution in [0.15, 0.2) is 24.3 Å². The Morgan fingerprint density at radius 2 is 1.55 bits per heavy atom. The number of primary amides is 1. The van der Waals surface area contributed by atoms with Crippen LogP contribution in [0.25, 0.3) is 0 Å². The Balaban J connectivity index is 2.95. The lowest BCUT2D eigenvalue weighted by molar-refractivity contribution is -0.135. The zero-order valence-electron chi connectivity index (χ0n) is 26.0. The second-order valence-electron chi connectivity index (χ2n) is 11.1. The lowest BCUT2D eigenvalue weighted by atomic mass is 9.97. The van der Waals surface area contributed by atoms with Gasteiger partial charge < -0.3 is 26.4 Å². The van der Waals surface area contributed by atoms with Gasteiger partial charge in [0.25, 0.3) is 0 Å². The fourth-order valence-corrected chi connectivity index (χ4v) is 4.24.